The quantitative estimate of drug-likeness (QED) is 0.897. The summed E-state index contributed by atoms with van der Waals surface area (Å²) in [6.45, 7) is 5.24. The molecule has 112 valence electrons. The van der Waals surface area contributed by atoms with Gasteiger partial charge < -0.3 is 10.3 Å². The van der Waals surface area contributed by atoms with E-state index >= 15 is 0 Å². The van der Waals surface area contributed by atoms with E-state index in [9.17, 15) is 4.79 Å². The number of nitrogens with one attached hydrogen (secondary N) is 2. The molecule has 0 saturated carbocycles. The molecule has 0 aliphatic carbocycles. The Morgan fingerprint density at radius 2 is 2.33 bits per heavy atom. The van der Waals surface area contributed by atoms with E-state index < -0.39 is 0 Å². The highest BCUT2D eigenvalue weighted by atomic mass is 16.1. The van der Waals surface area contributed by atoms with Crippen molar-refractivity contribution in [1.82, 2.24) is 19.9 Å². The molecule has 21 heavy (non-hydrogen) atoms. The van der Waals surface area contributed by atoms with Crippen LogP contribution in [0.3, 0.4) is 0 Å². The number of fused-ring (bicyclic) bond motifs is 1. The number of hydrogen-bond donors (Lipinski definition) is 2. The summed E-state index contributed by atoms with van der Waals surface area (Å²) >= 11 is 0. The molecular formula is C15H21N5O. The highest BCUT2D eigenvalue weighted by molar-refractivity contribution is 5.86. The average molecular weight is 287 g/mol. The number of rotatable bonds is 4. The van der Waals surface area contributed by atoms with Crippen molar-refractivity contribution in [1.29, 1.82) is 0 Å². The number of likely N-dealkylation sites (tertiary alicyclic amines) is 1. The Balaban J connectivity index is 1.73. The molecule has 1 aliphatic heterocycles. The third-order valence-corrected chi connectivity index (χ3v) is 4.13. The van der Waals surface area contributed by atoms with Crippen molar-refractivity contribution >= 4 is 22.6 Å². The lowest BCUT2D eigenvalue weighted by molar-refractivity contribution is -0.118. The van der Waals surface area contributed by atoms with Crippen LogP contribution in [0.15, 0.2) is 18.6 Å². The van der Waals surface area contributed by atoms with Crippen LogP contribution >= 0.6 is 0 Å². The molecule has 1 saturated heterocycles. The predicted octanol–water partition coefficient (Wildman–Crippen LogP) is 1.81. The van der Waals surface area contributed by atoms with E-state index in [4.69, 9.17) is 0 Å². The maximum atomic E-state index is 11.4. The first kappa shape index (κ1) is 14.0. The van der Waals surface area contributed by atoms with E-state index in [1.165, 1.54) is 0 Å². The van der Waals surface area contributed by atoms with E-state index in [0.717, 1.165) is 36.2 Å². The Morgan fingerprint density at radius 1 is 1.48 bits per heavy atom. The number of ketones is 1. The number of Topliss-reactive ketones (excluding diaryl/α,β-unsaturated/α-hetero) is 1. The number of aromatic amines is 1. The minimum atomic E-state index is 0.220. The van der Waals surface area contributed by atoms with Gasteiger partial charge in [-0.2, -0.15) is 0 Å². The maximum absolute atomic E-state index is 11.4. The predicted molar refractivity (Wildman–Crippen MR) is 82.2 cm³/mol. The summed E-state index contributed by atoms with van der Waals surface area (Å²) in [5, 5.41) is 4.52. The number of hydrogen-bond acceptors (Lipinski definition) is 5. The minimum Gasteiger partial charge on any atom is -0.365 e. The van der Waals surface area contributed by atoms with Gasteiger partial charge in [0.05, 0.1) is 11.9 Å². The molecule has 2 atom stereocenters. The van der Waals surface area contributed by atoms with Crippen molar-refractivity contribution in [2.45, 2.75) is 38.8 Å². The molecule has 3 heterocycles. The van der Waals surface area contributed by atoms with Gasteiger partial charge in [0, 0.05) is 24.8 Å². The van der Waals surface area contributed by atoms with Crippen LogP contribution in [0, 0.1) is 0 Å². The summed E-state index contributed by atoms with van der Waals surface area (Å²) in [7, 11) is 0. The molecule has 0 spiro atoms. The van der Waals surface area contributed by atoms with E-state index in [1.54, 1.807) is 13.3 Å². The van der Waals surface area contributed by atoms with Crippen LogP contribution in [-0.2, 0) is 4.79 Å². The zero-order valence-electron chi connectivity index (χ0n) is 12.5. The first-order valence-electron chi connectivity index (χ1n) is 7.41. The minimum absolute atomic E-state index is 0.220. The highest BCUT2D eigenvalue weighted by Crippen LogP contribution is 2.23. The van der Waals surface area contributed by atoms with Gasteiger partial charge >= 0.3 is 0 Å². The summed E-state index contributed by atoms with van der Waals surface area (Å²) in [6, 6.07) is 2.76. The lowest BCUT2D eigenvalue weighted by Crippen LogP contribution is -2.48. The number of carbonyl (C=O) groups excluding carboxylic acids is 1. The maximum Gasteiger partial charge on any atom is 0.143 e. The van der Waals surface area contributed by atoms with Crippen molar-refractivity contribution in [3.05, 3.63) is 18.6 Å². The van der Waals surface area contributed by atoms with Gasteiger partial charge in [0.1, 0.15) is 23.6 Å². The SMILES string of the molecule is CC(=O)CN1C[C@H](Nc2ncnc3[nH]ccc23)CC[C@@H]1C. The van der Waals surface area contributed by atoms with Gasteiger partial charge in [-0.05, 0) is 32.8 Å². The Hall–Kier alpha value is -1.95. The van der Waals surface area contributed by atoms with Crippen molar-refractivity contribution in [2.75, 3.05) is 18.4 Å². The normalized spacial score (nSPS) is 23.3. The van der Waals surface area contributed by atoms with Crippen molar-refractivity contribution < 1.29 is 4.79 Å². The first-order chi connectivity index (χ1) is 10.1. The summed E-state index contributed by atoms with van der Waals surface area (Å²) in [5.74, 6) is 1.08. The third kappa shape index (κ3) is 3.05. The summed E-state index contributed by atoms with van der Waals surface area (Å²) in [5.41, 5.74) is 0.845. The van der Waals surface area contributed by atoms with Crippen LogP contribution in [-0.4, -0.2) is 50.8 Å². The van der Waals surface area contributed by atoms with E-state index in [-0.39, 0.29) is 5.78 Å². The summed E-state index contributed by atoms with van der Waals surface area (Å²) < 4.78 is 0. The Morgan fingerprint density at radius 3 is 3.14 bits per heavy atom. The molecule has 0 aromatic carbocycles. The van der Waals surface area contributed by atoms with Crippen LogP contribution in [0.25, 0.3) is 11.0 Å². The van der Waals surface area contributed by atoms with E-state index in [2.05, 4.69) is 32.1 Å². The molecule has 2 N–H and O–H groups in total. The number of aromatic nitrogens is 3. The molecular weight excluding hydrogens is 266 g/mol. The van der Waals surface area contributed by atoms with Gasteiger partial charge in [-0.15, -0.1) is 0 Å². The monoisotopic (exact) mass is 287 g/mol. The lowest BCUT2D eigenvalue weighted by Gasteiger charge is -2.37. The Labute approximate surface area is 124 Å². The lowest BCUT2D eigenvalue weighted by atomic mass is 9.99. The molecule has 0 unspecified atom stereocenters. The molecule has 6 heteroatoms. The van der Waals surface area contributed by atoms with Gasteiger partial charge in [0.15, 0.2) is 0 Å². The molecule has 6 nitrogen and oxygen atoms in total. The molecule has 3 rings (SSSR count). The molecule has 0 amide bonds. The molecule has 1 aliphatic rings. The Bertz CT molecular complexity index is 638. The number of H-pyrrole nitrogens is 1. The van der Waals surface area contributed by atoms with Gasteiger partial charge in [0.25, 0.3) is 0 Å². The first-order valence-corrected chi connectivity index (χ1v) is 7.41. The second kappa shape index (κ2) is 5.81. The highest BCUT2D eigenvalue weighted by Gasteiger charge is 2.26. The van der Waals surface area contributed by atoms with Crippen LogP contribution in [0.1, 0.15) is 26.7 Å². The number of anilines is 1. The van der Waals surface area contributed by atoms with Crippen LogP contribution in [0.5, 0.6) is 0 Å². The van der Waals surface area contributed by atoms with Crippen LogP contribution in [0.4, 0.5) is 5.82 Å². The summed E-state index contributed by atoms with van der Waals surface area (Å²) in [4.78, 5) is 25.3. The van der Waals surface area contributed by atoms with Crippen molar-refractivity contribution in [2.24, 2.45) is 0 Å². The van der Waals surface area contributed by atoms with Gasteiger partial charge in [0.2, 0.25) is 0 Å². The van der Waals surface area contributed by atoms with E-state index in [1.807, 2.05) is 12.3 Å². The molecule has 0 bridgehead atoms. The second-order valence-corrected chi connectivity index (χ2v) is 5.86. The van der Waals surface area contributed by atoms with E-state index in [0.29, 0.717) is 18.6 Å². The molecule has 1 fully saturated rings. The molecule has 2 aromatic heterocycles. The van der Waals surface area contributed by atoms with Gasteiger partial charge in [-0.3, -0.25) is 9.69 Å². The second-order valence-electron chi connectivity index (χ2n) is 5.86. The molecule has 2 aromatic rings. The Kier molecular flexibility index (Phi) is 3.88. The fraction of sp³-hybridized carbons (Fsp3) is 0.533. The number of nitrogens with zero attached hydrogens (tertiary/aromatic N) is 3. The fourth-order valence-corrected chi connectivity index (χ4v) is 2.98. The topological polar surface area (TPSA) is 73.9 Å². The number of piperidine rings is 1. The van der Waals surface area contributed by atoms with Crippen LogP contribution < -0.4 is 5.32 Å². The zero-order chi connectivity index (χ0) is 14.8. The van der Waals surface area contributed by atoms with Gasteiger partial charge in [-0.25, -0.2) is 9.97 Å². The molecule has 0 radical (unpaired) electrons. The van der Waals surface area contributed by atoms with Crippen LogP contribution in [0.2, 0.25) is 0 Å². The fourth-order valence-electron chi connectivity index (χ4n) is 2.98. The van der Waals surface area contributed by atoms with Crippen molar-refractivity contribution in [3.8, 4) is 0 Å². The largest absolute Gasteiger partial charge is 0.365 e. The number of carbonyl (C=O) groups is 1. The average Bonchev–Trinajstić information content (AvgIpc) is 2.91. The third-order valence-electron chi connectivity index (χ3n) is 4.13. The standard InChI is InChI=1S/C15H21N5O/c1-10-3-4-12(8-20(10)7-11(2)21)19-15-13-5-6-16-14(13)17-9-18-15/h5-6,9-10,12H,3-4,7-8H2,1-2H3,(H2,16,17,18,19)/t10-,12+/m0/s1. The zero-order valence-corrected chi connectivity index (χ0v) is 12.5. The smallest absolute Gasteiger partial charge is 0.143 e. The van der Waals surface area contributed by atoms with Crippen molar-refractivity contribution in [3.63, 3.8) is 0 Å². The van der Waals surface area contributed by atoms with Gasteiger partial charge in [-0.1, -0.05) is 0 Å². The summed E-state index contributed by atoms with van der Waals surface area (Å²) in [6.07, 6.45) is 5.62.